The molecular formula is C17H15F2N3O4. The van der Waals surface area contributed by atoms with Crippen LogP contribution in [0.3, 0.4) is 0 Å². The fourth-order valence-corrected chi connectivity index (χ4v) is 2.58. The van der Waals surface area contributed by atoms with Crippen LogP contribution >= 0.6 is 0 Å². The first kappa shape index (κ1) is 17.6. The molecule has 2 heterocycles. The molecule has 0 aliphatic carbocycles. The maximum atomic E-state index is 14.0. The third kappa shape index (κ3) is 2.92. The number of ether oxygens (including phenoxy) is 1. The first-order valence-electron chi connectivity index (χ1n) is 7.68. The second-order valence-corrected chi connectivity index (χ2v) is 5.70. The van der Waals surface area contributed by atoms with Gasteiger partial charge in [-0.15, -0.1) is 0 Å². The predicted octanol–water partition coefficient (Wildman–Crippen LogP) is 1.47. The number of nitrogens with one attached hydrogen (secondary N) is 1. The molecule has 1 amide bonds. The standard InChI is InChI=1S/C17H15F2N3O4/c1-8-3-4-11(18)10(12(8)19)7-20-16(24)13-14(23)17(25)22-5-6-26-9(2)15(22)21-13/h3-4,23H,2,5-7H2,1H3,(H,20,24). The number of benzene rings is 1. The lowest BCUT2D eigenvalue weighted by molar-refractivity contribution is 0.0940. The summed E-state index contributed by atoms with van der Waals surface area (Å²) in [6.07, 6.45) is 0. The van der Waals surface area contributed by atoms with Crippen molar-refractivity contribution in [2.75, 3.05) is 6.61 Å². The molecule has 2 aromatic rings. The minimum atomic E-state index is -0.957. The van der Waals surface area contributed by atoms with Crippen LogP contribution in [0.15, 0.2) is 23.5 Å². The Bertz CT molecular complexity index is 985. The lowest BCUT2D eigenvalue weighted by atomic mass is 10.1. The molecule has 7 nitrogen and oxygen atoms in total. The zero-order valence-electron chi connectivity index (χ0n) is 13.8. The summed E-state index contributed by atoms with van der Waals surface area (Å²) in [5, 5.41) is 12.2. The van der Waals surface area contributed by atoms with Crippen molar-refractivity contribution in [3.63, 3.8) is 0 Å². The molecule has 0 radical (unpaired) electrons. The van der Waals surface area contributed by atoms with Gasteiger partial charge in [-0.05, 0) is 18.6 Å². The van der Waals surface area contributed by atoms with Crippen molar-refractivity contribution in [2.24, 2.45) is 0 Å². The van der Waals surface area contributed by atoms with Crippen molar-refractivity contribution < 1.29 is 23.4 Å². The van der Waals surface area contributed by atoms with E-state index < -0.39 is 41.1 Å². The number of nitrogens with zero attached hydrogens (tertiary/aromatic N) is 2. The van der Waals surface area contributed by atoms with Crippen LogP contribution in [0.25, 0.3) is 5.76 Å². The molecule has 9 heteroatoms. The lowest BCUT2D eigenvalue weighted by Crippen LogP contribution is -2.34. The number of amides is 1. The topological polar surface area (TPSA) is 93.5 Å². The molecule has 0 spiro atoms. The van der Waals surface area contributed by atoms with Gasteiger partial charge in [0.25, 0.3) is 11.5 Å². The molecular weight excluding hydrogens is 348 g/mol. The van der Waals surface area contributed by atoms with E-state index in [0.29, 0.717) is 0 Å². The number of hydrogen-bond acceptors (Lipinski definition) is 5. The predicted molar refractivity (Wildman–Crippen MR) is 87.4 cm³/mol. The quantitative estimate of drug-likeness (QED) is 0.861. The summed E-state index contributed by atoms with van der Waals surface area (Å²) in [7, 11) is 0. The second kappa shape index (κ2) is 6.58. The molecule has 1 aliphatic heterocycles. The number of carbonyl (C=O) groups excluding carboxylic acids is 1. The maximum Gasteiger partial charge on any atom is 0.297 e. The van der Waals surface area contributed by atoms with Gasteiger partial charge in [-0.25, -0.2) is 13.8 Å². The fraction of sp³-hybridized carbons (Fsp3) is 0.235. The van der Waals surface area contributed by atoms with E-state index in [0.717, 1.165) is 10.6 Å². The normalized spacial score (nSPS) is 13.1. The van der Waals surface area contributed by atoms with Crippen LogP contribution in [0.4, 0.5) is 8.78 Å². The Morgan fingerprint density at radius 2 is 2.19 bits per heavy atom. The Morgan fingerprint density at radius 1 is 1.46 bits per heavy atom. The number of fused-ring (bicyclic) bond motifs is 1. The Kier molecular flexibility index (Phi) is 4.45. The molecule has 0 atom stereocenters. The number of rotatable bonds is 3. The zero-order chi connectivity index (χ0) is 19.0. The number of carbonyl (C=O) groups is 1. The van der Waals surface area contributed by atoms with Crippen LogP contribution in [-0.2, 0) is 17.8 Å². The van der Waals surface area contributed by atoms with Crippen LogP contribution in [0.5, 0.6) is 5.75 Å². The van der Waals surface area contributed by atoms with Crippen molar-refractivity contribution in [1.29, 1.82) is 0 Å². The number of aromatic nitrogens is 2. The first-order valence-corrected chi connectivity index (χ1v) is 7.68. The van der Waals surface area contributed by atoms with Crippen LogP contribution in [0.1, 0.15) is 27.4 Å². The van der Waals surface area contributed by atoms with E-state index in [1.807, 2.05) is 0 Å². The van der Waals surface area contributed by atoms with Crippen LogP contribution in [0.2, 0.25) is 0 Å². The van der Waals surface area contributed by atoms with Gasteiger partial charge in [-0.3, -0.25) is 14.2 Å². The zero-order valence-corrected chi connectivity index (χ0v) is 13.8. The maximum absolute atomic E-state index is 14.0. The summed E-state index contributed by atoms with van der Waals surface area (Å²) in [6, 6.07) is 2.36. The van der Waals surface area contributed by atoms with Crippen molar-refractivity contribution in [1.82, 2.24) is 14.9 Å². The highest BCUT2D eigenvalue weighted by atomic mass is 19.1. The average Bonchev–Trinajstić information content (AvgIpc) is 2.61. The average molecular weight is 363 g/mol. The van der Waals surface area contributed by atoms with Gasteiger partial charge in [-0.2, -0.15) is 0 Å². The molecule has 0 saturated heterocycles. The van der Waals surface area contributed by atoms with Crippen molar-refractivity contribution in [3.05, 3.63) is 63.3 Å². The highest BCUT2D eigenvalue weighted by Gasteiger charge is 2.25. The van der Waals surface area contributed by atoms with Crippen LogP contribution in [0, 0.1) is 18.6 Å². The molecule has 1 aromatic carbocycles. The van der Waals surface area contributed by atoms with E-state index in [1.54, 1.807) is 0 Å². The van der Waals surface area contributed by atoms with Gasteiger partial charge in [-0.1, -0.05) is 12.6 Å². The highest BCUT2D eigenvalue weighted by molar-refractivity contribution is 5.94. The van der Waals surface area contributed by atoms with Crippen molar-refractivity contribution in [3.8, 4) is 5.75 Å². The Hall–Kier alpha value is -3.23. The van der Waals surface area contributed by atoms with Gasteiger partial charge in [0.1, 0.15) is 18.2 Å². The Morgan fingerprint density at radius 3 is 2.92 bits per heavy atom. The molecule has 26 heavy (non-hydrogen) atoms. The molecule has 1 aromatic heterocycles. The Labute approximate surface area is 146 Å². The molecule has 136 valence electrons. The van der Waals surface area contributed by atoms with Gasteiger partial charge in [0.2, 0.25) is 5.75 Å². The van der Waals surface area contributed by atoms with Crippen molar-refractivity contribution >= 4 is 11.7 Å². The van der Waals surface area contributed by atoms with Gasteiger partial charge in [0, 0.05) is 12.1 Å². The summed E-state index contributed by atoms with van der Waals surface area (Å²) in [6.45, 7) is 4.91. The van der Waals surface area contributed by atoms with E-state index in [1.165, 1.54) is 13.0 Å². The third-order valence-corrected chi connectivity index (χ3v) is 4.01. The van der Waals surface area contributed by atoms with E-state index in [-0.39, 0.29) is 35.9 Å². The van der Waals surface area contributed by atoms with Crippen molar-refractivity contribution in [2.45, 2.75) is 20.0 Å². The van der Waals surface area contributed by atoms with Gasteiger partial charge < -0.3 is 15.2 Å². The summed E-state index contributed by atoms with van der Waals surface area (Å²) in [5.74, 6) is -3.32. The molecule has 0 unspecified atom stereocenters. The largest absolute Gasteiger partial charge is 0.501 e. The molecule has 2 N–H and O–H groups in total. The smallest absolute Gasteiger partial charge is 0.297 e. The molecule has 0 bridgehead atoms. The summed E-state index contributed by atoms with van der Waals surface area (Å²) >= 11 is 0. The van der Waals surface area contributed by atoms with Gasteiger partial charge >= 0.3 is 0 Å². The lowest BCUT2D eigenvalue weighted by Gasteiger charge is -2.21. The molecule has 0 fully saturated rings. The minimum absolute atomic E-state index is 0.0112. The fourth-order valence-electron chi connectivity index (χ4n) is 2.58. The van der Waals surface area contributed by atoms with Crippen LogP contribution in [-0.4, -0.2) is 27.2 Å². The Balaban J connectivity index is 1.91. The minimum Gasteiger partial charge on any atom is -0.501 e. The molecule has 0 saturated carbocycles. The molecule has 1 aliphatic rings. The van der Waals surface area contributed by atoms with E-state index >= 15 is 0 Å². The van der Waals surface area contributed by atoms with E-state index in [4.69, 9.17) is 4.74 Å². The summed E-state index contributed by atoms with van der Waals surface area (Å²) in [5.41, 5.74) is -1.50. The first-order chi connectivity index (χ1) is 12.3. The number of halogens is 2. The summed E-state index contributed by atoms with van der Waals surface area (Å²) in [4.78, 5) is 28.4. The second-order valence-electron chi connectivity index (χ2n) is 5.70. The number of hydrogen-bond donors (Lipinski definition) is 2. The number of aromatic hydroxyl groups is 1. The monoisotopic (exact) mass is 363 g/mol. The van der Waals surface area contributed by atoms with Gasteiger partial charge in [0.15, 0.2) is 17.3 Å². The highest BCUT2D eigenvalue weighted by Crippen LogP contribution is 2.20. The van der Waals surface area contributed by atoms with Gasteiger partial charge in [0.05, 0.1) is 6.54 Å². The third-order valence-electron chi connectivity index (χ3n) is 4.01. The summed E-state index contributed by atoms with van der Waals surface area (Å²) < 4.78 is 34.1. The number of aryl methyl sites for hydroxylation is 1. The van der Waals surface area contributed by atoms with Crippen LogP contribution < -0.4 is 10.9 Å². The SMILES string of the molecule is C=C1OCCn2c1nc(C(=O)NCc1c(F)ccc(C)c1F)c(O)c2=O. The van der Waals surface area contributed by atoms with E-state index in [9.17, 15) is 23.5 Å². The van der Waals surface area contributed by atoms with E-state index in [2.05, 4.69) is 16.9 Å². The molecule has 3 rings (SSSR count).